The molecule has 1 saturated heterocycles. The summed E-state index contributed by atoms with van der Waals surface area (Å²) in [7, 11) is 0. The minimum Gasteiger partial charge on any atom is -0.378 e. The monoisotopic (exact) mass is 298 g/mol. The van der Waals surface area contributed by atoms with E-state index in [1.54, 1.807) is 24.5 Å². The average Bonchev–Trinajstić information content (AvgIpc) is 2.57. The van der Waals surface area contributed by atoms with Crippen molar-refractivity contribution in [1.82, 2.24) is 4.98 Å². The highest BCUT2D eigenvalue weighted by Gasteiger charge is 2.15. The van der Waals surface area contributed by atoms with Crippen molar-refractivity contribution in [2.45, 2.75) is 0 Å². The third-order valence-corrected chi connectivity index (χ3v) is 3.44. The molecule has 0 saturated carbocycles. The second-order valence-electron chi connectivity index (χ2n) is 4.93. The van der Waals surface area contributed by atoms with Gasteiger partial charge < -0.3 is 20.3 Å². The summed E-state index contributed by atoms with van der Waals surface area (Å²) in [6, 6.07) is 11.0. The first-order valence-corrected chi connectivity index (χ1v) is 7.23. The van der Waals surface area contributed by atoms with Crippen molar-refractivity contribution < 1.29 is 9.53 Å². The van der Waals surface area contributed by atoms with E-state index in [2.05, 4.69) is 20.5 Å². The van der Waals surface area contributed by atoms with Gasteiger partial charge in [0.15, 0.2) is 0 Å². The van der Waals surface area contributed by atoms with Gasteiger partial charge in [-0.05, 0) is 24.3 Å². The van der Waals surface area contributed by atoms with Crippen molar-refractivity contribution in [3.05, 3.63) is 48.8 Å². The molecule has 22 heavy (non-hydrogen) atoms. The number of morpholine rings is 1. The first-order chi connectivity index (χ1) is 10.8. The third kappa shape index (κ3) is 3.53. The van der Waals surface area contributed by atoms with Crippen molar-refractivity contribution in [2.24, 2.45) is 0 Å². The molecule has 1 aliphatic heterocycles. The fourth-order valence-electron chi connectivity index (χ4n) is 2.38. The van der Waals surface area contributed by atoms with Crippen LogP contribution in [0.25, 0.3) is 0 Å². The molecule has 6 nitrogen and oxygen atoms in total. The summed E-state index contributed by atoms with van der Waals surface area (Å²) in [5, 5.41) is 5.69. The van der Waals surface area contributed by atoms with Gasteiger partial charge in [-0.25, -0.2) is 4.79 Å². The van der Waals surface area contributed by atoms with Crippen LogP contribution in [0.4, 0.5) is 21.9 Å². The second kappa shape index (κ2) is 6.91. The lowest BCUT2D eigenvalue weighted by Crippen LogP contribution is -2.36. The van der Waals surface area contributed by atoms with Crippen LogP contribution in [0.15, 0.2) is 48.8 Å². The number of pyridine rings is 1. The van der Waals surface area contributed by atoms with Gasteiger partial charge in [-0.2, -0.15) is 0 Å². The Bertz CT molecular complexity index is 627. The number of rotatable bonds is 3. The number of carbonyl (C=O) groups is 1. The van der Waals surface area contributed by atoms with Crippen molar-refractivity contribution in [2.75, 3.05) is 41.8 Å². The maximum Gasteiger partial charge on any atom is 0.323 e. The number of hydrogen-bond acceptors (Lipinski definition) is 4. The largest absolute Gasteiger partial charge is 0.378 e. The quantitative estimate of drug-likeness (QED) is 0.914. The lowest BCUT2D eigenvalue weighted by Gasteiger charge is -2.30. The summed E-state index contributed by atoms with van der Waals surface area (Å²) in [6.45, 7) is 3.06. The van der Waals surface area contributed by atoms with E-state index < -0.39 is 0 Å². The van der Waals surface area contributed by atoms with Crippen LogP contribution in [-0.4, -0.2) is 37.3 Å². The lowest BCUT2D eigenvalue weighted by molar-refractivity contribution is 0.123. The molecule has 6 heteroatoms. The Morgan fingerprint density at radius 3 is 2.55 bits per heavy atom. The molecule has 1 aromatic carbocycles. The summed E-state index contributed by atoms with van der Waals surface area (Å²) < 4.78 is 5.37. The number of aromatic nitrogens is 1. The Kier molecular flexibility index (Phi) is 4.50. The van der Waals surface area contributed by atoms with E-state index in [1.807, 2.05) is 24.3 Å². The standard InChI is InChI=1S/C16H18N4O2/c21-16(18-13-5-7-17-8-6-13)19-14-3-1-2-4-15(14)20-9-11-22-12-10-20/h1-8H,9-12H2,(H2,17,18,19,21). The van der Waals surface area contributed by atoms with Crippen LogP contribution in [0.1, 0.15) is 0 Å². The molecule has 2 heterocycles. The van der Waals surface area contributed by atoms with Crippen LogP contribution in [0.3, 0.4) is 0 Å². The molecule has 3 rings (SSSR count). The molecule has 2 amide bonds. The predicted molar refractivity (Wildman–Crippen MR) is 86.4 cm³/mol. The predicted octanol–water partition coefficient (Wildman–Crippen LogP) is 2.56. The van der Waals surface area contributed by atoms with E-state index in [0.29, 0.717) is 18.9 Å². The fraction of sp³-hybridized carbons (Fsp3) is 0.250. The molecular weight excluding hydrogens is 280 g/mol. The zero-order valence-electron chi connectivity index (χ0n) is 12.2. The maximum absolute atomic E-state index is 12.1. The smallest absolute Gasteiger partial charge is 0.323 e. The molecule has 0 radical (unpaired) electrons. The summed E-state index contributed by atoms with van der Waals surface area (Å²) >= 11 is 0. The summed E-state index contributed by atoms with van der Waals surface area (Å²) in [5.74, 6) is 0. The highest BCUT2D eigenvalue weighted by atomic mass is 16.5. The van der Waals surface area contributed by atoms with E-state index >= 15 is 0 Å². The molecule has 0 atom stereocenters. The molecule has 0 unspecified atom stereocenters. The van der Waals surface area contributed by atoms with E-state index in [-0.39, 0.29) is 6.03 Å². The zero-order valence-corrected chi connectivity index (χ0v) is 12.2. The van der Waals surface area contributed by atoms with Gasteiger partial charge in [0, 0.05) is 31.2 Å². The Hall–Kier alpha value is -2.60. The fourth-order valence-corrected chi connectivity index (χ4v) is 2.38. The summed E-state index contributed by atoms with van der Waals surface area (Å²) in [6.07, 6.45) is 3.27. The Morgan fingerprint density at radius 1 is 1.05 bits per heavy atom. The minimum absolute atomic E-state index is 0.271. The van der Waals surface area contributed by atoms with Crippen LogP contribution >= 0.6 is 0 Å². The van der Waals surface area contributed by atoms with Gasteiger partial charge in [-0.3, -0.25) is 4.98 Å². The Balaban J connectivity index is 1.70. The zero-order chi connectivity index (χ0) is 15.2. The van der Waals surface area contributed by atoms with Crippen LogP contribution in [0.5, 0.6) is 0 Å². The number of benzene rings is 1. The molecule has 114 valence electrons. The van der Waals surface area contributed by atoms with Gasteiger partial charge >= 0.3 is 6.03 Å². The van der Waals surface area contributed by atoms with E-state index in [9.17, 15) is 4.79 Å². The van der Waals surface area contributed by atoms with Crippen molar-refractivity contribution in [1.29, 1.82) is 0 Å². The third-order valence-electron chi connectivity index (χ3n) is 3.44. The Morgan fingerprint density at radius 2 is 1.77 bits per heavy atom. The lowest BCUT2D eigenvalue weighted by atomic mass is 10.2. The van der Waals surface area contributed by atoms with Crippen molar-refractivity contribution in [3.8, 4) is 0 Å². The van der Waals surface area contributed by atoms with Crippen molar-refractivity contribution in [3.63, 3.8) is 0 Å². The Labute approximate surface area is 129 Å². The number of amides is 2. The molecule has 1 aliphatic rings. The molecule has 2 aromatic rings. The first kappa shape index (κ1) is 14.3. The SMILES string of the molecule is O=C(Nc1ccncc1)Nc1ccccc1N1CCOCC1. The topological polar surface area (TPSA) is 66.5 Å². The number of anilines is 3. The minimum atomic E-state index is -0.271. The normalized spacial score (nSPS) is 14.5. The summed E-state index contributed by atoms with van der Waals surface area (Å²) in [4.78, 5) is 18.3. The highest BCUT2D eigenvalue weighted by molar-refractivity contribution is 6.01. The summed E-state index contributed by atoms with van der Waals surface area (Å²) in [5.41, 5.74) is 2.50. The number of nitrogens with zero attached hydrogens (tertiary/aromatic N) is 2. The van der Waals surface area contributed by atoms with Crippen LogP contribution in [0.2, 0.25) is 0 Å². The van der Waals surface area contributed by atoms with Crippen LogP contribution in [0, 0.1) is 0 Å². The van der Waals surface area contributed by atoms with Gasteiger partial charge in [0.05, 0.1) is 24.6 Å². The number of urea groups is 1. The van der Waals surface area contributed by atoms with Crippen LogP contribution in [-0.2, 0) is 4.74 Å². The number of para-hydroxylation sites is 2. The highest BCUT2D eigenvalue weighted by Crippen LogP contribution is 2.26. The number of ether oxygens (including phenoxy) is 1. The molecule has 1 fully saturated rings. The molecule has 0 bridgehead atoms. The molecule has 2 N–H and O–H groups in total. The molecular formula is C16H18N4O2. The van der Waals surface area contributed by atoms with E-state index in [0.717, 1.165) is 24.5 Å². The van der Waals surface area contributed by atoms with E-state index in [4.69, 9.17) is 4.74 Å². The van der Waals surface area contributed by atoms with Gasteiger partial charge in [-0.1, -0.05) is 12.1 Å². The first-order valence-electron chi connectivity index (χ1n) is 7.23. The number of hydrogen-bond donors (Lipinski definition) is 2. The number of nitrogens with one attached hydrogen (secondary N) is 2. The van der Waals surface area contributed by atoms with Gasteiger partial charge in [0.2, 0.25) is 0 Å². The van der Waals surface area contributed by atoms with Crippen LogP contribution < -0.4 is 15.5 Å². The second-order valence-corrected chi connectivity index (χ2v) is 4.93. The molecule has 0 spiro atoms. The van der Waals surface area contributed by atoms with E-state index in [1.165, 1.54) is 0 Å². The average molecular weight is 298 g/mol. The molecule has 1 aromatic heterocycles. The van der Waals surface area contributed by atoms with Crippen molar-refractivity contribution >= 4 is 23.1 Å². The van der Waals surface area contributed by atoms with Gasteiger partial charge in [0.25, 0.3) is 0 Å². The van der Waals surface area contributed by atoms with Gasteiger partial charge in [-0.15, -0.1) is 0 Å². The maximum atomic E-state index is 12.1. The number of carbonyl (C=O) groups excluding carboxylic acids is 1. The molecule has 0 aliphatic carbocycles. The van der Waals surface area contributed by atoms with Gasteiger partial charge in [0.1, 0.15) is 0 Å².